The average molecular weight is 585 g/mol. The lowest BCUT2D eigenvalue weighted by molar-refractivity contribution is -0.876. The fourth-order valence-electron chi connectivity index (χ4n) is 4.54. The first-order valence-electron chi connectivity index (χ1n) is 12.2. The molecule has 0 spiro atoms. The zero-order valence-electron chi connectivity index (χ0n) is 21.8. The van der Waals surface area contributed by atoms with Gasteiger partial charge in [0.15, 0.2) is 6.54 Å². The summed E-state index contributed by atoms with van der Waals surface area (Å²) in [4.78, 5) is 61.8. The van der Waals surface area contributed by atoms with E-state index in [1.54, 1.807) is 36.4 Å². The molecule has 2 aliphatic heterocycles. The minimum absolute atomic E-state index is 0.0381. The highest BCUT2D eigenvalue weighted by Crippen LogP contribution is 2.40. The Kier molecular flexibility index (Phi) is 8.57. The summed E-state index contributed by atoms with van der Waals surface area (Å²) in [5.41, 5.74) is 5.66. The third kappa shape index (κ3) is 6.49. The van der Waals surface area contributed by atoms with Gasteiger partial charge in [-0.3, -0.25) is 19.3 Å². The van der Waals surface area contributed by atoms with Crippen molar-refractivity contribution < 1.29 is 38.7 Å². The maximum Gasteiger partial charge on any atom is 0.335 e. The van der Waals surface area contributed by atoms with Crippen LogP contribution >= 0.6 is 23.5 Å². The van der Waals surface area contributed by atoms with Crippen LogP contribution in [-0.4, -0.2) is 94.3 Å². The van der Waals surface area contributed by atoms with Crippen LogP contribution in [0.4, 0.5) is 0 Å². The number of nitrogens with two attached hydrogens (primary N) is 1. The van der Waals surface area contributed by atoms with E-state index in [-0.39, 0.29) is 33.9 Å². The minimum Gasteiger partial charge on any atom is -0.543 e. The fraction of sp³-hybridized carbons (Fsp3) is 0.296. The van der Waals surface area contributed by atoms with Gasteiger partial charge in [-0.2, -0.15) is 0 Å². The molecule has 0 radical (unpaired) electrons. The zero-order chi connectivity index (χ0) is 29.2. The number of thioether (sulfide) groups is 2. The molecule has 2 heterocycles. The molecule has 2 aromatic carbocycles. The van der Waals surface area contributed by atoms with Crippen LogP contribution in [0.25, 0.3) is 10.8 Å². The Bertz CT molecular complexity index is 1470. The van der Waals surface area contributed by atoms with Gasteiger partial charge in [0.25, 0.3) is 11.8 Å². The Hall–Kier alpha value is -3.81. The van der Waals surface area contributed by atoms with Gasteiger partial charge in [0, 0.05) is 10.6 Å². The van der Waals surface area contributed by atoms with E-state index in [9.17, 15) is 29.1 Å². The lowest BCUT2D eigenvalue weighted by Crippen LogP contribution is -2.71. The number of quaternary nitrogens is 1. The van der Waals surface area contributed by atoms with Crippen LogP contribution in [0.15, 0.2) is 64.7 Å². The highest BCUT2D eigenvalue weighted by atomic mass is 32.2. The summed E-state index contributed by atoms with van der Waals surface area (Å²) >= 11 is 2.61. The number of benzene rings is 2. The largest absolute Gasteiger partial charge is 0.543 e. The molecule has 0 bridgehead atoms. The number of primary amides is 1. The van der Waals surface area contributed by atoms with E-state index < -0.39 is 35.2 Å². The minimum atomic E-state index is -1.48. The molecular formula is C27H28N4O7S2. The number of allylic oxidation sites excluding steroid dienone is 1. The molecule has 3 amide bonds. The van der Waals surface area contributed by atoms with Crippen LogP contribution in [0.2, 0.25) is 0 Å². The number of nitrogens with zero attached hydrogens (tertiary/aromatic N) is 2. The first-order chi connectivity index (χ1) is 18.9. The van der Waals surface area contributed by atoms with E-state index in [1.807, 2.05) is 20.2 Å². The number of β-lactam (4-membered cyclic amide) rings is 1. The summed E-state index contributed by atoms with van der Waals surface area (Å²) in [5, 5.41) is 24.8. The Morgan fingerprint density at radius 3 is 2.58 bits per heavy atom. The number of aliphatic carboxylic acids is 1. The number of nitrogens with one attached hydrogen (secondary N) is 1. The number of amides is 3. The average Bonchev–Trinajstić information content (AvgIpc) is 2.88. The highest BCUT2D eigenvalue weighted by Gasteiger charge is 2.52. The van der Waals surface area contributed by atoms with Gasteiger partial charge in [-0.05, 0) is 46.7 Å². The van der Waals surface area contributed by atoms with Crippen molar-refractivity contribution in [1.29, 1.82) is 0 Å². The molecule has 1 saturated heterocycles. The predicted octanol–water partition coefficient (Wildman–Crippen LogP) is 0.152. The monoisotopic (exact) mass is 584 g/mol. The molecule has 11 nitrogen and oxygen atoms in total. The number of hydrogen-bond acceptors (Lipinski definition) is 8. The van der Waals surface area contributed by atoms with Crippen LogP contribution in [-0.2, 0) is 19.2 Å². The van der Waals surface area contributed by atoms with Gasteiger partial charge in [0.1, 0.15) is 11.4 Å². The number of fused-ring (bicyclic) bond motifs is 2. The van der Waals surface area contributed by atoms with Crippen molar-refractivity contribution in [3.8, 4) is 0 Å². The van der Waals surface area contributed by atoms with Crippen molar-refractivity contribution in [3.05, 3.63) is 65.4 Å². The third-order valence-electron chi connectivity index (χ3n) is 6.44. The van der Waals surface area contributed by atoms with Crippen LogP contribution < -0.4 is 16.2 Å². The second-order valence-electron chi connectivity index (χ2n) is 10.1. The lowest BCUT2D eigenvalue weighted by Gasteiger charge is -2.50. The summed E-state index contributed by atoms with van der Waals surface area (Å²) < 4.78 is 0.287. The molecule has 0 saturated carbocycles. The maximum atomic E-state index is 12.9. The van der Waals surface area contributed by atoms with E-state index in [0.29, 0.717) is 17.9 Å². The number of carbonyl (C=O) groups excluding carboxylic acids is 4. The van der Waals surface area contributed by atoms with Gasteiger partial charge in [-0.15, -0.1) is 23.5 Å². The van der Waals surface area contributed by atoms with Gasteiger partial charge >= 0.3 is 5.97 Å². The van der Waals surface area contributed by atoms with E-state index in [0.717, 1.165) is 20.6 Å². The fourth-order valence-corrected chi connectivity index (χ4v) is 6.61. The second kappa shape index (κ2) is 11.7. The van der Waals surface area contributed by atoms with Crippen LogP contribution in [0.5, 0.6) is 0 Å². The molecule has 13 heteroatoms. The highest BCUT2D eigenvalue weighted by molar-refractivity contribution is 8.00. The maximum absolute atomic E-state index is 12.9. The molecule has 1 fully saturated rings. The molecule has 0 aliphatic carbocycles. The van der Waals surface area contributed by atoms with Crippen molar-refractivity contribution in [2.24, 2.45) is 5.73 Å². The quantitative estimate of drug-likeness (QED) is 0.189. The molecule has 2 aliphatic rings. The first kappa shape index (κ1) is 29.2. The topological polar surface area (TPSA) is 170 Å². The van der Waals surface area contributed by atoms with Gasteiger partial charge in [-0.25, -0.2) is 4.79 Å². The number of likely N-dealkylation sites (N-methyl/N-ethyl adjacent to an activating group) is 1. The molecular weight excluding hydrogens is 556 g/mol. The SMILES string of the molecule is C[N+](C)(C/C=C/C1=C(C(=O)[O-])N2C(=O)[C@@H](NC(=O)CSc3ccc4cc(C(=O)O)ccc4c3)[C@H]2SC1)CC(N)=O. The van der Waals surface area contributed by atoms with Gasteiger partial charge in [-0.1, -0.05) is 18.2 Å². The zero-order valence-corrected chi connectivity index (χ0v) is 23.4. The molecule has 0 aromatic heterocycles. The molecule has 2 aromatic rings. The van der Waals surface area contributed by atoms with Gasteiger partial charge in [0.05, 0.1) is 43.6 Å². The molecule has 2 atom stereocenters. The van der Waals surface area contributed by atoms with Crippen molar-refractivity contribution in [1.82, 2.24) is 10.2 Å². The van der Waals surface area contributed by atoms with Crippen LogP contribution in [0, 0.1) is 0 Å². The van der Waals surface area contributed by atoms with E-state index >= 15 is 0 Å². The lowest BCUT2D eigenvalue weighted by atomic mass is 10.0. The Labute approximate surface area is 238 Å². The molecule has 210 valence electrons. The third-order valence-corrected chi connectivity index (χ3v) is 8.73. The van der Waals surface area contributed by atoms with Crippen molar-refractivity contribution >= 4 is 64.0 Å². The standard InChI is InChI=1S/C27H28N4O7S2/c1-31(2,12-20(28)32)9-3-4-18-13-40-25-22(24(34)30(25)23(18)27(37)38)29-21(33)14-39-19-8-7-15-10-17(26(35)36)6-5-16(15)11-19/h3-8,10-11,22,25H,9,12-14H2,1-2H3,(H4-,28,29,32,33,35,36,37,38)/b4-3+/t22-,25-/m1/s1. The van der Waals surface area contributed by atoms with E-state index in [4.69, 9.17) is 10.8 Å². The van der Waals surface area contributed by atoms with Gasteiger partial charge in [0.2, 0.25) is 5.91 Å². The Morgan fingerprint density at radius 1 is 1.20 bits per heavy atom. The smallest absolute Gasteiger partial charge is 0.335 e. The van der Waals surface area contributed by atoms with E-state index in [2.05, 4.69) is 5.32 Å². The summed E-state index contributed by atoms with van der Waals surface area (Å²) in [6.45, 7) is 0.540. The first-order valence-corrected chi connectivity index (χ1v) is 14.2. The summed E-state index contributed by atoms with van der Waals surface area (Å²) in [6.07, 6.45) is 3.36. The normalized spacial score (nSPS) is 18.9. The van der Waals surface area contributed by atoms with Crippen LogP contribution in [0.3, 0.4) is 0 Å². The molecule has 40 heavy (non-hydrogen) atoms. The molecule has 0 unspecified atom stereocenters. The van der Waals surface area contributed by atoms with Crippen molar-refractivity contribution in [3.63, 3.8) is 0 Å². The Balaban J connectivity index is 1.36. The number of carbonyl (C=O) groups is 5. The van der Waals surface area contributed by atoms with Crippen molar-refractivity contribution in [2.45, 2.75) is 16.3 Å². The van der Waals surface area contributed by atoms with Crippen LogP contribution in [0.1, 0.15) is 10.4 Å². The summed E-state index contributed by atoms with van der Waals surface area (Å²) in [7, 11) is 3.63. The number of rotatable bonds is 11. The van der Waals surface area contributed by atoms with Gasteiger partial charge < -0.3 is 30.5 Å². The summed E-state index contributed by atoms with van der Waals surface area (Å²) in [6, 6.07) is 9.38. The Morgan fingerprint density at radius 2 is 1.90 bits per heavy atom. The van der Waals surface area contributed by atoms with Crippen molar-refractivity contribution in [2.75, 3.05) is 38.7 Å². The summed E-state index contributed by atoms with van der Waals surface area (Å²) in [5.74, 6) is -3.48. The number of hydrogen-bond donors (Lipinski definition) is 3. The number of aromatic carboxylic acids is 1. The van der Waals surface area contributed by atoms with E-state index in [1.165, 1.54) is 29.6 Å². The second-order valence-corrected chi connectivity index (χ2v) is 12.2. The molecule has 4 N–H and O–H groups in total. The predicted molar refractivity (Wildman–Crippen MR) is 149 cm³/mol. The number of carboxylic acid groups (broad SMARTS) is 2. The molecule has 4 rings (SSSR count). The number of carboxylic acids is 2.